The highest BCUT2D eigenvalue weighted by Gasteiger charge is 2.38. The first-order valence-electron chi connectivity index (χ1n) is 12.6. The van der Waals surface area contributed by atoms with Gasteiger partial charge in [-0.2, -0.15) is 0 Å². The Morgan fingerprint density at radius 3 is 2.50 bits per heavy atom. The number of methoxy groups -OCH3 is 1. The summed E-state index contributed by atoms with van der Waals surface area (Å²) < 4.78 is 39.0. The lowest BCUT2D eigenvalue weighted by atomic mass is 9.94. The molecule has 0 spiro atoms. The molecule has 0 atom stereocenters. The molecule has 196 valence electrons. The monoisotopic (exact) mass is 534 g/mol. The molecule has 0 N–H and O–H groups in total. The summed E-state index contributed by atoms with van der Waals surface area (Å²) in [5.41, 5.74) is 1.81. The summed E-state index contributed by atoms with van der Waals surface area (Å²) >= 11 is 1.26. The van der Waals surface area contributed by atoms with Crippen LogP contribution < -0.4 is 9.47 Å². The highest BCUT2D eigenvalue weighted by molar-refractivity contribution is 8.18. The van der Waals surface area contributed by atoms with Crippen molar-refractivity contribution in [2.75, 3.05) is 7.11 Å². The van der Waals surface area contributed by atoms with Crippen LogP contribution in [0, 0.1) is 11.6 Å². The maximum absolute atomic E-state index is 14.4. The Hall–Kier alpha value is -3.65. The van der Waals surface area contributed by atoms with E-state index in [0.717, 1.165) is 43.2 Å². The number of hydrogen-bond acceptors (Lipinski definition) is 5. The summed E-state index contributed by atoms with van der Waals surface area (Å²) in [4.78, 5) is 20.4. The fourth-order valence-corrected chi connectivity index (χ4v) is 5.71. The molecule has 1 aliphatic carbocycles. The van der Waals surface area contributed by atoms with E-state index in [-0.39, 0.29) is 30.1 Å². The maximum Gasteiger partial charge on any atom is 0.267 e. The van der Waals surface area contributed by atoms with Gasteiger partial charge in [-0.15, -0.1) is 0 Å². The van der Waals surface area contributed by atoms with E-state index in [1.807, 2.05) is 6.07 Å². The third kappa shape index (κ3) is 5.91. The molecule has 3 aromatic rings. The molecule has 38 heavy (non-hydrogen) atoms. The first-order valence-corrected chi connectivity index (χ1v) is 13.4. The lowest BCUT2D eigenvalue weighted by Gasteiger charge is -2.30. The van der Waals surface area contributed by atoms with E-state index >= 15 is 0 Å². The minimum Gasteiger partial charge on any atom is -0.493 e. The van der Waals surface area contributed by atoms with Crippen LogP contribution in [0.25, 0.3) is 6.08 Å². The van der Waals surface area contributed by atoms with Gasteiger partial charge in [0.05, 0.1) is 12.0 Å². The molecule has 1 saturated heterocycles. The highest BCUT2D eigenvalue weighted by atomic mass is 32.2. The molecular formula is C30H28F2N2O3S. The lowest BCUT2D eigenvalue weighted by Crippen LogP contribution is -2.40. The third-order valence-corrected chi connectivity index (χ3v) is 7.62. The Kier molecular flexibility index (Phi) is 8.08. The van der Waals surface area contributed by atoms with Gasteiger partial charge in [0.15, 0.2) is 16.7 Å². The van der Waals surface area contributed by atoms with E-state index in [0.29, 0.717) is 21.6 Å². The molecule has 0 bridgehead atoms. The zero-order valence-corrected chi connectivity index (χ0v) is 21.8. The Bertz CT molecular complexity index is 1370. The van der Waals surface area contributed by atoms with Crippen molar-refractivity contribution in [1.82, 2.24) is 4.90 Å². The summed E-state index contributed by atoms with van der Waals surface area (Å²) in [5.74, 6) is 0.214. The van der Waals surface area contributed by atoms with Gasteiger partial charge in [0, 0.05) is 6.04 Å². The van der Waals surface area contributed by atoms with Crippen molar-refractivity contribution >= 4 is 34.6 Å². The lowest BCUT2D eigenvalue weighted by molar-refractivity contribution is -0.124. The van der Waals surface area contributed by atoms with Gasteiger partial charge in [0.1, 0.15) is 23.9 Å². The molecular weight excluding hydrogens is 506 g/mol. The van der Waals surface area contributed by atoms with Gasteiger partial charge in [0.2, 0.25) is 0 Å². The number of hydrogen-bond donors (Lipinski definition) is 0. The molecule has 0 radical (unpaired) electrons. The number of ether oxygens (including phenoxy) is 2. The topological polar surface area (TPSA) is 51.1 Å². The van der Waals surface area contributed by atoms with Crippen LogP contribution in [0.2, 0.25) is 0 Å². The highest BCUT2D eigenvalue weighted by Crippen LogP contribution is 2.39. The zero-order valence-electron chi connectivity index (χ0n) is 21.0. The number of amides is 1. The molecule has 2 fully saturated rings. The van der Waals surface area contributed by atoms with Crippen LogP contribution in [0.15, 0.2) is 76.6 Å². The van der Waals surface area contributed by atoms with Crippen LogP contribution in [-0.4, -0.2) is 29.1 Å². The molecule has 3 aromatic carbocycles. The standard InChI is InChI=1S/C30H28F2N2O3S/c1-36-27-17-21(13-16-26(27)37-19-20-11-14-22(31)15-12-20)18-28-29(35)34(23-7-3-2-4-8-23)30(38-28)33-25-10-6-5-9-24(25)32/h5-6,9-18,23H,2-4,7-8,19H2,1H3/b28-18-,33-30?. The first kappa shape index (κ1) is 26.0. The fourth-order valence-electron chi connectivity index (χ4n) is 4.66. The molecule has 1 amide bonds. The summed E-state index contributed by atoms with van der Waals surface area (Å²) in [6, 6.07) is 17.9. The molecule has 8 heteroatoms. The van der Waals surface area contributed by atoms with Crippen LogP contribution in [0.1, 0.15) is 43.2 Å². The Balaban J connectivity index is 1.40. The van der Waals surface area contributed by atoms with E-state index in [4.69, 9.17) is 9.47 Å². The van der Waals surface area contributed by atoms with Crippen molar-refractivity contribution in [2.24, 2.45) is 4.99 Å². The number of nitrogens with zero attached hydrogens (tertiary/aromatic N) is 2. The third-order valence-electron chi connectivity index (χ3n) is 6.64. The summed E-state index contributed by atoms with van der Waals surface area (Å²) in [7, 11) is 1.55. The van der Waals surface area contributed by atoms with Gasteiger partial charge in [0.25, 0.3) is 5.91 Å². The predicted molar refractivity (Wildman–Crippen MR) is 147 cm³/mol. The molecule has 2 aliphatic rings. The number of rotatable bonds is 7. The Morgan fingerprint density at radius 1 is 1.00 bits per heavy atom. The minimum absolute atomic E-state index is 0.0527. The number of benzene rings is 3. The van der Waals surface area contributed by atoms with E-state index in [2.05, 4.69) is 4.99 Å². The average Bonchev–Trinajstić information content (AvgIpc) is 3.24. The first-order chi connectivity index (χ1) is 18.5. The second-order valence-corrected chi connectivity index (χ2v) is 10.3. The summed E-state index contributed by atoms with van der Waals surface area (Å²) in [6.45, 7) is 0.262. The molecule has 5 rings (SSSR count). The van der Waals surface area contributed by atoms with E-state index in [9.17, 15) is 13.6 Å². The summed E-state index contributed by atoms with van der Waals surface area (Å²) in [6.07, 6.45) is 6.89. The van der Waals surface area contributed by atoms with Crippen molar-refractivity contribution < 1.29 is 23.0 Å². The van der Waals surface area contributed by atoms with Crippen LogP contribution in [0.5, 0.6) is 11.5 Å². The SMILES string of the molecule is COc1cc(/C=C2\SC(=Nc3ccccc3F)N(C3CCCCC3)C2=O)ccc1OCc1ccc(F)cc1. The maximum atomic E-state index is 14.4. The second kappa shape index (κ2) is 11.8. The van der Waals surface area contributed by atoms with Gasteiger partial charge in [-0.3, -0.25) is 9.69 Å². The summed E-state index contributed by atoms with van der Waals surface area (Å²) in [5, 5.41) is 0.504. The Labute approximate surface area is 225 Å². The van der Waals surface area contributed by atoms with Crippen molar-refractivity contribution in [3.8, 4) is 11.5 Å². The van der Waals surface area contributed by atoms with E-state index < -0.39 is 5.82 Å². The molecule has 1 saturated carbocycles. The van der Waals surface area contributed by atoms with Gasteiger partial charge in [-0.05, 0) is 78.2 Å². The Morgan fingerprint density at radius 2 is 1.76 bits per heavy atom. The number of amidine groups is 1. The van der Waals surface area contributed by atoms with Crippen LogP contribution in [-0.2, 0) is 11.4 Å². The molecule has 1 heterocycles. The predicted octanol–water partition coefficient (Wildman–Crippen LogP) is 7.49. The van der Waals surface area contributed by atoms with Crippen LogP contribution >= 0.6 is 11.8 Å². The minimum atomic E-state index is -0.421. The van der Waals surface area contributed by atoms with Crippen molar-refractivity contribution in [1.29, 1.82) is 0 Å². The quantitative estimate of drug-likeness (QED) is 0.295. The molecule has 0 unspecified atom stereocenters. The van der Waals surface area contributed by atoms with E-state index in [1.165, 1.54) is 30.0 Å². The number of carbonyl (C=O) groups excluding carboxylic acids is 1. The van der Waals surface area contributed by atoms with E-state index in [1.54, 1.807) is 60.6 Å². The fraction of sp³-hybridized carbons (Fsp3) is 0.267. The van der Waals surface area contributed by atoms with Gasteiger partial charge < -0.3 is 9.47 Å². The zero-order chi connectivity index (χ0) is 26.5. The molecule has 0 aromatic heterocycles. The largest absolute Gasteiger partial charge is 0.493 e. The number of carbonyl (C=O) groups is 1. The van der Waals surface area contributed by atoms with Crippen molar-refractivity contribution in [3.63, 3.8) is 0 Å². The van der Waals surface area contributed by atoms with Crippen molar-refractivity contribution in [3.05, 3.63) is 94.4 Å². The molecule has 1 aliphatic heterocycles. The number of halogens is 2. The second-order valence-electron chi connectivity index (χ2n) is 9.25. The number of thioether (sulfide) groups is 1. The van der Waals surface area contributed by atoms with Crippen molar-refractivity contribution in [2.45, 2.75) is 44.8 Å². The van der Waals surface area contributed by atoms with Crippen LogP contribution in [0.3, 0.4) is 0 Å². The average molecular weight is 535 g/mol. The number of para-hydroxylation sites is 1. The normalized spacial score (nSPS) is 18.4. The molecule has 5 nitrogen and oxygen atoms in total. The number of aliphatic imine (C=N–C) groups is 1. The van der Waals surface area contributed by atoms with Gasteiger partial charge in [-0.25, -0.2) is 13.8 Å². The van der Waals surface area contributed by atoms with Crippen LogP contribution in [0.4, 0.5) is 14.5 Å². The van der Waals surface area contributed by atoms with Gasteiger partial charge in [-0.1, -0.05) is 49.6 Å². The smallest absolute Gasteiger partial charge is 0.267 e. The van der Waals surface area contributed by atoms with Gasteiger partial charge >= 0.3 is 0 Å².